The molecule has 0 unspecified atom stereocenters. The zero-order valence-corrected chi connectivity index (χ0v) is 14.9. The van der Waals surface area contributed by atoms with E-state index in [2.05, 4.69) is 20.4 Å². The van der Waals surface area contributed by atoms with Crippen molar-refractivity contribution in [2.75, 3.05) is 6.26 Å². The number of fused-ring (bicyclic) bond motifs is 1. The van der Waals surface area contributed by atoms with Crippen LogP contribution in [0.4, 0.5) is 13.2 Å². The van der Waals surface area contributed by atoms with Crippen molar-refractivity contribution >= 4 is 23.3 Å². The first-order valence-corrected chi connectivity index (χ1v) is 8.70. The molecule has 0 aliphatic rings. The zero-order valence-electron chi connectivity index (χ0n) is 14.1. The van der Waals surface area contributed by atoms with Gasteiger partial charge in [0.2, 0.25) is 0 Å². The van der Waals surface area contributed by atoms with E-state index in [-0.39, 0.29) is 23.4 Å². The van der Waals surface area contributed by atoms with E-state index in [1.54, 1.807) is 6.20 Å². The van der Waals surface area contributed by atoms with Crippen LogP contribution in [0.2, 0.25) is 0 Å². The number of nitrogens with zero attached hydrogens (tertiary/aromatic N) is 5. The van der Waals surface area contributed by atoms with Gasteiger partial charge >= 0.3 is 6.18 Å². The second-order valence-corrected chi connectivity index (χ2v) is 6.33. The highest BCUT2D eigenvalue weighted by Gasteiger charge is 2.35. The van der Waals surface area contributed by atoms with Gasteiger partial charge in [-0.3, -0.25) is 4.79 Å². The van der Waals surface area contributed by atoms with Gasteiger partial charge in [-0.25, -0.2) is 14.5 Å². The minimum Gasteiger partial charge on any atom is -0.346 e. The van der Waals surface area contributed by atoms with Gasteiger partial charge in [0.15, 0.2) is 10.8 Å². The maximum Gasteiger partial charge on any atom is 0.433 e. The van der Waals surface area contributed by atoms with Gasteiger partial charge in [0.1, 0.15) is 11.3 Å². The van der Waals surface area contributed by atoms with E-state index in [1.165, 1.54) is 18.7 Å². The van der Waals surface area contributed by atoms with Crippen LogP contribution in [0.3, 0.4) is 0 Å². The Balaban J connectivity index is 1.89. The molecule has 0 fully saturated rings. The SMILES string of the molecule is CSc1ncc(CNC(=O)c2cnn3c(C(F)(F)F)cc(C)nc23)n1C. The fourth-order valence-electron chi connectivity index (χ4n) is 2.49. The molecular formula is C15H15F3N6OS. The number of carbonyl (C=O) groups excluding carboxylic acids is 1. The molecule has 0 saturated heterocycles. The highest BCUT2D eigenvalue weighted by atomic mass is 32.2. The Bertz CT molecular complexity index is 978. The summed E-state index contributed by atoms with van der Waals surface area (Å²) in [5, 5.41) is 7.14. The summed E-state index contributed by atoms with van der Waals surface area (Å²) in [7, 11) is 1.82. The number of hydrogen-bond donors (Lipinski definition) is 1. The summed E-state index contributed by atoms with van der Waals surface area (Å²) < 4.78 is 41.9. The summed E-state index contributed by atoms with van der Waals surface area (Å²) in [6, 6.07) is 0.890. The lowest BCUT2D eigenvalue weighted by Gasteiger charge is -2.10. The number of halogens is 3. The molecule has 7 nitrogen and oxygen atoms in total. The first kappa shape index (κ1) is 18.2. The molecule has 3 rings (SSSR count). The lowest BCUT2D eigenvalue weighted by atomic mass is 10.2. The maximum absolute atomic E-state index is 13.2. The summed E-state index contributed by atoms with van der Waals surface area (Å²) in [6.45, 7) is 1.61. The van der Waals surface area contributed by atoms with Gasteiger partial charge in [0, 0.05) is 12.7 Å². The Hall–Kier alpha value is -2.56. The average molecular weight is 384 g/mol. The van der Waals surface area contributed by atoms with E-state index in [1.807, 2.05) is 17.9 Å². The Morgan fingerprint density at radius 2 is 2.08 bits per heavy atom. The molecule has 0 saturated carbocycles. The molecule has 0 radical (unpaired) electrons. The first-order chi connectivity index (χ1) is 12.2. The molecule has 138 valence electrons. The number of amides is 1. The number of imidazole rings is 1. The van der Waals surface area contributed by atoms with Crippen molar-refractivity contribution in [2.45, 2.75) is 24.8 Å². The third-order valence-electron chi connectivity index (χ3n) is 3.79. The van der Waals surface area contributed by atoms with E-state index >= 15 is 0 Å². The monoisotopic (exact) mass is 384 g/mol. The molecule has 0 aromatic carbocycles. The lowest BCUT2D eigenvalue weighted by molar-refractivity contribution is -0.142. The number of alkyl halides is 3. The van der Waals surface area contributed by atoms with Crippen LogP contribution in [0.15, 0.2) is 23.6 Å². The molecule has 11 heteroatoms. The largest absolute Gasteiger partial charge is 0.433 e. The third kappa shape index (κ3) is 3.26. The van der Waals surface area contributed by atoms with Gasteiger partial charge in [-0.1, -0.05) is 11.8 Å². The number of hydrogen-bond acceptors (Lipinski definition) is 5. The molecule has 0 aliphatic heterocycles. The predicted molar refractivity (Wildman–Crippen MR) is 88.9 cm³/mol. The van der Waals surface area contributed by atoms with E-state index in [9.17, 15) is 18.0 Å². The third-order valence-corrected chi connectivity index (χ3v) is 4.53. The van der Waals surface area contributed by atoms with Crippen molar-refractivity contribution in [3.05, 3.63) is 41.1 Å². The van der Waals surface area contributed by atoms with Crippen molar-refractivity contribution in [1.29, 1.82) is 0 Å². The molecule has 0 bridgehead atoms. The Morgan fingerprint density at radius 1 is 1.35 bits per heavy atom. The van der Waals surface area contributed by atoms with E-state index in [4.69, 9.17) is 0 Å². The summed E-state index contributed by atoms with van der Waals surface area (Å²) in [5.74, 6) is -0.557. The summed E-state index contributed by atoms with van der Waals surface area (Å²) >= 11 is 1.46. The second-order valence-electron chi connectivity index (χ2n) is 5.55. The van der Waals surface area contributed by atoms with Crippen LogP contribution in [0.5, 0.6) is 0 Å². The highest BCUT2D eigenvalue weighted by Crippen LogP contribution is 2.30. The molecule has 3 aromatic rings. The molecular weight excluding hydrogens is 369 g/mol. The van der Waals surface area contributed by atoms with Crippen molar-refractivity contribution in [1.82, 2.24) is 29.5 Å². The van der Waals surface area contributed by atoms with Gasteiger partial charge < -0.3 is 9.88 Å². The molecule has 3 heterocycles. The molecule has 26 heavy (non-hydrogen) atoms. The Morgan fingerprint density at radius 3 is 2.69 bits per heavy atom. The van der Waals surface area contributed by atoms with Crippen LogP contribution >= 0.6 is 11.8 Å². The fraction of sp³-hybridized carbons (Fsp3) is 0.333. The summed E-state index contributed by atoms with van der Waals surface area (Å²) in [6.07, 6.45) is -0.000138. The van der Waals surface area contributed by atoms with Crippen molar-refractivity contribution in [3.8, 4) is 0 Å². The predicted octanol–water partition coefficient (Wildman–Crippen LogP) is 2.44. The number of aryl methyl sites for hydroxylation is 1. The van der Waals surface area contributed by atoms with Crippen LogP contribution in [0, 0.1) is 6.92 Å². The van der Waals surface area contributed by atoms with E-state index < -0.39 is 17.8 Å². The molecule has 0 atom stereocenters. The summed E-state index contributed by atoms with van der Waals surface area (Å²) in [5.41, 5.74) is -0.221. The molecule has 1 amide bonds. The van der Waals surface area contributed by atoms with E-state index in [0.717, 1.165) is 23.1 Å². The van der Waals surface area contributed by atoms with Crippen LogP contribution < -0.4 is 5.32 Å². The first-order valence-electron chi connectivity index (χ1n) is 7.47. The Labute approximate surface area is 150 Å². The number of carbonyl (C=O) groups is 1. The average Bonchev–Trinajstić information content (AvgIpc) is 3.14. The fourth-order valence-corrected chi connectivity index (χ4v) is 3.04. The van der Waals surface area contributed by atoms with Crippen molar-refractivity contribution in [3.63, 3.8) is 0 Å². The van der Waals surface area contributed by atoms with Gasteiger partial charge in [-0.2, -0.15) is 18.3 Å². The lowest BCUT2D eigenvalue weighted by Crippen LogP contribution is -2.24. The van der Waals surface area contributed by atoms with Crippen molar-refractivity contribution in [2.24, 2.45) is 7.05 Å². The molecule has 1 N–H and O–H groups in total. The number of rotatable bonds is 4. The topological polar surface area (TPSA) is 77.1 Å². The minimum atomic E-state index is -4.60. The van der Waals surface area contributed by atoms with E-state index in [0.29, 0.717) is 4.52 Å². The van der Waals surface area contributed by atoms with Gasteiger partial charge in [-0.15, -0.1) is 0 Å². The van der Waals surface area contributed by atoms with Gasteiger partial charge in [0.05, 0.1) is 24.6 Å². The van der Waals surface area contributed by atoms with Gasteiger partial charge in [0.25, 0.3) is 5.91 Å². The normalized spacial score (nSPS) is 11.9. The molecule has 0 spiro atoms. The quantitative estimate of drug-likeness (QED) is 0.699. The standard InChI is InChI=1S/C15H15F3N6OS/c1-8-4-11(15(16,17)18)24-12(22-8)10(7-21-24)13(25)19-5-9-6-20-14(26-3)23(9)2/h4,6-7H,5H2,1-3H3,(H,19,25). The number of aromatic nitrogens is 5. The number of thioether (sulfide) groups is 1. The smallest absolute Gasteiger partial charge is 0.346 e. The number of nitrogens with one attached hydrogen (secondary N) is 1. The highest BCUT2D eigenvalue weighted by molar-refractivity contribution is 7.98. The van der Waals surface area contributed by atoms with Crippen LogP contribution in [-0.4, -0.2) is 36.3 Å². The summed E-state index contributed by atoms with van der Waals surface area (Å²) in [4.78, 5) is 20.7. The van der Waals surface area contributed by atoms with Crippen LogP contribution in [-0.2, 0) is 19.8 Å². The maximum atomic E-state index is 13.2. The van der Waals surface area contributed by atoms with Gasteiger partial charge in [-0.05, 0) is 19.2 Å². The second kappa shape index (κ2) is 6.63. The Kier molecular flexibility index (Phi) is 4.65. The minimum absolute atomic E-state index is 0.0218. The molecule has 0 aliphatic carbocycles. The van der Waals surface area contributed by atoms with Crippen LogP contribution in [0.1, 0.15) is 27.4 Å². The van der Waals surface area contributed by atoms with Crippen LogP contribution in [0.25, 0.3) is 5.65 Å². The van der Waals surface area contributed by atoms with Crippen molar-refractivity contribution < 1.29 is 18.0 Å². The molecule has 3 aromatic heterocycles. The zero-order chi connectivity index (χ0) is 19.1.